The molecule has 1 heterocycles. The summed E-state index contributed by atoms with van der Waals surface area (Å²) in [6.07, 6.45) is 0.577. The number of hydrogen-bond acceptors (Lipinski definition) is 4. The normalized spacial score (nSPS) is 10.1. The monoisotopic (exact) mass is 367 g/mol. The van der Waals surface area contributed by atoms with Crippen LogP contribution in [0.4, 0.5) is 0 Å². The van der Waals surface area contributed by atoms with Gasteiger partial charge in [-0.25, -0.2) is 4.79 Å². The molecule has 0 saturated heterocycles. The molecular weight excluding hydrogens is 354 g/mol. The molecule has 2 rings (SSSR count). The summed E-state index contributed by atoms with van der Waals surface area (Å²) >= 11 is 4.70. The van der Waals surface area contributed by atoms with Crippen LogP contribution in [0.3, 0.4) is 0 Å². The maximum atomic E-state index is 11.8. The second-order valence-corrected chi connectivity index (χ2v) is 6.00. The Labute approximate surface area is 135 Å². The molecule has 2 aromatic rings. The molecule has 0 fully saturated rings. The highest BCUT2D eigenvalue weighted by Gasteiger charge is 2.10. The van der Waals surface area contributed by atoms with Crippen LogP contribution in [0.2, 0.25) is 0 Å². The Bertz CT molecular complexity index is 613. The minimum atomic E-state index is -0.368. The lowest BCUT2D eigenvalue weighted by molar-refractivity contribution is 0.0500. The summed E-state index contributed by atoms with van der Waals surface area (Å²) in [5.74, 6) is -0.464. The molecule has 110 valence electrons. The SMILES string of the molecule is O=C(NCCCOC(=O)c1ccccc1Br)c1cccs1. The first kappa shape index (κ1) is 15.7. The fraction of sp³-hybridized carbons (Fsp3) is 0.200. The zero-order valence-electron chi connectivity index (χ0n) is 11.2. The number of ether oxygens (including phenoxy) is 1. The number of carbonyl (C=O) groups excluding carboxylic acids is 2. The van der Waals surface area contributed by atoms with Gasteiger partial charge in [-0.05, 0) is 45.9 Å². The molecule has 0 unspecified atom stereocenters. The molecule has 1 amide bonds. The van der Waals surface area contributed by atoms with Crippen LogP contribution in [0.15, 0.2) is 46.3 Å². The minimum Gasteiger partial charge on any atom is -0.462 e. The third kappa shape index (κ3) is 4.68. The summed E-state index contributed by atoms with van der Waals surface area (Å²) in [5, 5.41) is 4.64. The molecule has 4 nitrogen and oxygen atoms in total. The summed E-state index contributed by atoms with van der Waals surface area (Å²) in [6, 6.07) is 10.7. The van der Waals surface area contributed by atoms with Crippen LogP contribution in [0.25, 0.3) is 0 Å². The van der Waals surface area contributed by atoms with E-state index in [1.54, 1.807) is 24.3 Å². The standard InChI is InChI=1S/C15H14BrNO3S/c16-12-6-2-1-5-11(12)15(19)20-9-4-8-17-14(18)13-7-3-10-21-13/h1-3,5-7,10H,4,8-9H2,(H,17,18). The van der Waals surface area contributed by atoms with Crippen LogP contribution in [-0.2, 0) is 4.74 Å². The van der Waals surface area contributed by atoms with Crippen LogP contribution >= 0.6 is 27.3 Å². The van der Waals surface area contributed by atoms with E-state index in [1.807, 2.05) is 17.5 Å². The first-order valence-corrected chi connectivity index (χ1v) is 8.09. The van der Waals surface area contributed by atoms with Gasteiger partial charge in [0, 0.05) is 11.0 Å². The second-order valence-electron chi connectivity index (χ2n) is 4.20. The number of esters is 1. The Morgan fingerprint density at radius 3 is 2.71 bits per heavy atom. The van der Waals surface area contributed by atoms with Gasteiger partial charge in [0.05, 0.1) is 17.0 Å². The Morgan fingerprint density at radius 1 is 1.19 bits per heavy atom. The first-order valence-electron chi connectivity index (χ1n) is 6.42. The molecule has 0 aliphatic rings. The maximum absolute atomic E-state index is 11.8. The quantitative estimate of drug-likeness (QED) is 0.627. The van der Waals surface area contributed by atoms with Crippen LogP contribution < -0.4 is 5.32 Å². The number of halogens is 1. The molecule has 0 radical (unpaired) electrons. The lowest BCUT2D eigenvalue weighted by Crippen LogP contribution is -2.24. The van der Waals surface area contributed by atoms with Gasteiger partial charge in [0.1, 0.15) is 0 Å². The molecule has 21 heavy (non-hydrogen) atoms. The third-order valence-electron chi connectivity index (χ3n) is 2.68. The number of rotatable bonds is 6. The molecule has 0 aliphatic heterocycles. The van der Waals surface area contributed by atoms with Gasteiger partial charge in [-0.1, -0.05) is 18.2 Å². The van der Waals surface area contributed by atoms with Gasteiger partial charge in [-0.15, -0.1) is 11.3 Å². The predicted molar refractivity (Wildman–Crippen MR) is 85.7 cm³/mol. The summed E-state index contributed by atoms with van der Waals surface area (Å²) in [5.41, 5.74) is 0.500. The Morgan fingerprint density at radius 2 is 2.00 bits per heavy atom. The number of hydrogen-bond donors (Lipinski definition) is 1. The summed E-state index contributed by atoms with van der Waals surface area (Å²) in [4.78, 5) is 24.1. The topological polar surface area (TPSA) is 55.4 Å². The number of thiophene rings is 1. The molecule has 1 N–H and O–H groups in total. The molecule has 0 bridgehead atoms. The van der Waals surface area contributed by atoms with Crippen molar-refractivity contribution in [1.29, 1.82) is 0 Å². The lowest BCUT2D eigenvalue weighted by atomic mass is 10.2. The number of nitrogens with one attached hydrogen (secondary N) is 1. The van der Waals surface area contributed by atoms with Crippen molar-refractivity contribution in [3.63, 3.8) is 0 Å². The highest BCUT2D eigenvalue weighted by atomic mass is 79.9. The highest BCUT2D eigenvalue weighted by Crippen LogP contribution is 2.16. The van der Waals surface area contributed by atoms with E-state index in [0.29, 0.717) is 27.9 Å². The van der Waals surface area contributed by atoms with Crippen molar-refractivity contribution in [2.75, 3.05) is 13.2 Å². The summed E-state index contributed by atoms with van der Waals surface area (Å²) in [6.45, 7) is 0.741. The number of amides is 1. The van der Waals surface area contributed by atoms with Crippen LogP contribution in [0, 0.1) is 0 Å². The molecule has 0 spiro atoms. The Kier molecular flexibility index (Phi) is 5.95. The number of carbonyl (C=O) groups is 2. The van der Waals surface area contributed by atoms with Crippen molar-refractivity contribution in [2.24, 2.45) is 0 Å². The van der Waals surface area contributed by atoms with Crippen molar-refractivity contribution in [1.82, 2.24) is 5.32 Å². The van der Waals surface area contributed by atoms with Crippen molar-refractivity contribution >= 4 is 39.1 Å². The van der Waals surface area contributed by atoms with Gasteiger partial charge < -0.3 is 10.1 Å². The van der Waals surface area contributed by atoms with E-state index >= 15 is 0 Å². The molecule has 0 atom stereocenters. The van der Waals surface area contributed by atoms with Crippen molar-refractivity contribution in [3.8, 4) is 0 Å². The van der Waals surface area contributed by atoms with E-state index in [-0.39, 0.29) is 18.5 Å². The van der Waals surface area contributed by atoms with Crippen LogP contribution in [-0.4, -0.2) is 25.0 Å². The zero-order valence-corrected chi connectivity index (χ0v) is 13.6. The molecule has 0 aliphatic carbocycles. The lowest BCUT2D eigenvalue weighted by Gasteiger charge is -2.07. The van der Waals surface area contributed by atoms with Gasteiger partial charge >= 0.3 is 5.97 Å². The zero-order chi connectivity index (χ0) is 15.1. The van der Waals surface area contributed by atoms with E-state index in [4.69, 9.17) is 4.74 Å². The average molecular weight is 368 g/mol. The van der Waals surface area contributed by atoms with Gasteiger partial charge in [0.15, 0.2) is 0 Å². The van der Waals surface area contributed by atoms with Gasteiger partial charge in [-0.3, -0.25) is 4.79 Å². The number of benzene rings is 1. The van der Waals surface area contributed by atoms with Gasteiger partial charge in [0.2, 0.25) is 0 Å². The maximum Gasteiger partial charge on any atom is 0.339 e. The van der Waals surface area contributed by atoms with E-state index in [1.165, 1.54) is 11.3 Å². The van der Waals surface area contributed by atoms with Crippen molar-refractivity contribution < 1.29 is 14.3 Å². The minimum absolute atomic E-state index is 0.0952. The fourth-order valence-corrected chi connectivity index (χ4v) is 2.73. The first-order chi connectivity index (χ1) is 10.2. The van der Waals surface area contributed by atoms with E-state index in [0.717, 1.165) is 0 Å². The van der Waals surface area contributed by atoms with Crippen LogP contribution in [0.1, 0.15) is 26.5 Å². The average Bonchev–Trinajstić information content (AvgIpc) is 3.01. The van der Waals surface area contributed by atoms with Crippen molar-refractivity contribution in [3.05, 3.63) is 56.7 Å². The smallest absolute Gasteiger partial charge is 0.339 e. The van der Waals surface area contributed by atoms with Gasteiger partial charge in [0.25, 0.3) is 5.91 Å². The Hall–Kier alpha value is -1.66. The fourth-order valence-electron chi connectivity index (χ4n) is 1.64. The summed E-state index contributed by atoms with van der Waals surface area (Å²) in [7, 11) is 0. The molecular formula is C15H14BrNO3S. The highest BCUT2D eigenvalue weighted by molar-refractivity contribution is 9.10. The Balaban J connectivity index is 1.67. The van der Waals surface area contributed by atoms with E-state index in [2.05, 4.69) is 21.2 Å². The molecule has 1 aromatic heterocycles. The van der Waals surface area contributed by atoms with Crippen LogP contribution in [0.5, 0.6) is 0 Å². The van der Waals surface area contributed by atoms with Crippen molar-refractivity contribution in [2.45, 2.75) is 6.42 Å². The van der Waals surface area contributed by atoms with E-state index < -0.39 is 0 Å². The predicted octanol–water partition coefficient (Wildman–Crippen LogP) is 3.49. The third-order valence-corrected chi connectivity index (χ3v) is 4.24. The molecule has 1 aromatic carbocycles. The molecule has 0 saturated carbocycles. The van der Waals surface area contributed by atoms with E-state index in [9.17, 15) is 9.59 Å². The molecule has 6 heteroatoms. The summed E-state index contributed by atoms with van der Waals surface area (Å²) < 4.78 is 5.87. The largest absolute Gasteiger partial charge is 0.462 e. The second kappa shape index (κ2) is 7.95. The van der Waals surface area contributed by atoms with Gasteiger partial charge in [-0.2, -0.15) is 0 Å².